The molecule has 0 spiro atoms. The lowest BCUT2D eigenvalue weighted by Crippen LogP contribution is -2.46. The minimum Gasteiger partial charge on any atom is -0.466 e. The summed E-state index contributed by atoms with van der Waals surface area (Å²) in [6.07, 6.45) is 1.74. The minimum atomic E-state index is -2.74. The molecule has 0 aromatic carbocycles. The monoisotopic (exact) mass is 764 g/mol. The van der Waals surface area contributed by atoms with Crippen molar-refractivity contribution in [2.24, 2.45) is 0 Å². The second-order valence-electron chi connectivity index (χ2n) is 12.7. The third kappa shape index (κ3) is 23.1. The van der Waals surface area contributed by atoms with Gasteiger partial charge in [0.15, 0.2) is 0 Å². The maximum atomic E-state index is 12.3. The highest BCUT2D eigenvalue weighted by molar-refractivity contribution is 6.60. The molecule has 1 unspecified atom stereocenters. The number of aliphatic hydroxyl groups excluding tert-OH is 1. The number of rotatable bonds is 26. The average molecular weight is 765 g/mol. The molecule has 1 saturated heterocycles. The van der Waals surface area contributed by atoms with Gasteiger partial charge in [-0.3, -0.25) is 19.3 Å². The Labute approximate surface area is 314 Å². The average Bonchev–Trinajstić information content (AvgIpc) is 3.12. The van der Waals surface area contributed by atoms with E-state index in [1.807, 2.05) is 27.7 Å². The minimum absolute atomic E-state index is 0.205. The molecule has 0 amide bonds. The van der Waals surface area contributed by atoms with Gasteiger partial charge in [-0.05, 0) is 67.5 Å². The summed E-state index contributed by atoms with van der Waals surface area (Å²) in [6, 6.07) is 0.652. The van der Waals surface area contributed by atoms with Crippen molar-refractivity contribution in [2.75, 3.05) is 131 Å². The van der Waals surface area contributed by atoms with Crippen molar-refractivity contribution in [1.82, 2.24) is 19.6 Å². The van der Waals surface area contributed by atoms with Crippen molar-refractivity contribution >= 4 is 26.7 Å². The second-order valence-corrected chi connectivity index (χ2v) is 15.4. The molecule has 1 fully saturated rings. The van der Waals surface area contributed by atoms with E-state index >= 15 is 0 Å². The van der Waals surface area contributed by atoms with Gasteiger partial charge in [-0.2, -0.15) is 0 Å². The summed E-state index contributed by atoms with van der Waals surface area (Å²) in [5, 5.41) is 11.1. The van der Waals surface area contributed by atoms with Gasteiger partial charge in [0.2, 0.25) is 0 Å². The summed E-state index contributed by atoms with van der Waals surface area (Å²) in [7, 11) is -2.74. The molecule has 0 radical (unpaired) electrons. The Morgan fingerprint density at radius 1 is 0.577 bits per heavy atom. The van der Waals surface area contributed by atoms with Crippen LogP contribution in [0.2, 0.25) is 6.04 Å². The van der Waals surface area contributed by atoms with Crippen molar-refractivity contribution < 1.29 is 51.7 Å². The van der Waals surface area contributed by atoms with Crippen LogP contribution in [0.5, 0.6) is 0 Å². The van der Waals surface area contributed by atoms with Gasteiger partial charge >= 0.3 is 26.7 Å². The van der Waals surface area contributed by atoms with Crippen molar-refractivity contribution in [3.8, 4) is 0 Å². The first kappa shape index (κ1) is 48.3. The zero-order valence-corrected chi connectivity index (χ0v) is 34.3. The van der Waals surface area contributed by atoms with Crippen molar-refractivity contribution in [1.29, 1.82) is 0 Å². The molecule has 1 aliphatic heterocycles. The Morgan fingerprint density at radius 2 is 0.962 bits per heavy atom. The Balaban J connectivity index is 2.98. The van der Waals surface area contributed by atoms with E-state index < -0.39 is 14.9 Å². The molecule has 15 nitrogen and oxygen atoms in total. The van der Waals surface area contributed by atoms with Gasteiger partial charge in [0, 0.05) is 97.9 Å². The van der Waals surface area contributed by atoms with E-state index in [1.54, 1.807) is 13.8 Å². The van der Waals surface area contributed by atoms with Gasteiger partial charge in [-0.25, -0.2) is 0 Å². The maximum Gasteiger partial charge on any atom is 0.501 e. The first-order valence-corrected chi connectivity index (χ1v) is 21.6. The van der Waals surface area contributed by atoms with Crippen molar-refractivity contribution in [3.63, 3.8) is 0 Å². The molecular formula is C36H72N4O11Si. The van der Waals surface area contributed by atoms with Crippen molar-refractivity contribution in [2.45, 2.75) is 85.8 Å². The normalized spacial score (nSPS) is 17.1. The zero-order chi connectivity index (χ0) is 38.5. The largest absolute Gasteiger partial charge is 0.501 e. The molecule has 1 aliphatic rings. The summed E-state index contributed by atoms with van der Waals surface area (Å²) in [5.41, 5.74) is 0. The fourth-order valence-electron chi connectivity index (χ4n) is 6.08. The van der Waals surface area contributed by atoms with Gasteiger partial charge < -0.3 is 52.0 Å². The van der Waals surface area contributed by atoms with Crippen LogP contribution in [-0.4, -0.2) is 189 Å². The van der Waals surface area contributed by atoms with Crippen molar-refractivity contribution in [3.05, 3.63) is 0 Å². The molecule has 0 saturated carbocycles. The molecule has 306 valence electrons. The lowest BCUT2D eigenvalue weighted by molar-refractivity contribution is -0.144. The predicted octanol–water partition coefficient (Wildman–Crippen LogP) is 2.27. The standard InChI is InChI=1S/C36H72N4O11Si/c1-7-46-34(42)15-20-37-18-13-19-40(31-33(41)32-45-29-14-30-52(49-10-4,50-11-5)51-12-6)28-27-39(22-17-36(44)48-9-3)26-25-38(24-23-37)21-16-35(43)47-8-2/h33,41H,7-32H2,1-6H3. The Morgan fingerprint density at radius 3 is 1.37 bits per heavy atom. The third-order valence-electron chi connectivity index (χ3n) is 8.60. The molecule has 0 aromatic rings. The summed E-state index contributed by atoms with van der Waals surface area (Å²) < 4.78 is 39.3. The quantitative estimate of drug-likeness (QED) is 0.0594. The highest BCUT2D eigenvalue weighted by Gasteiger charge is 2.39. The number of hydrogen-bond acceptors (Lipinski definition) is 15. The molecule has 0 aromatic heterocycles. The molecular weight excluding hydrogens is 692 g/mol. The first-order chi connectivity index (χ1) is 25.1. The molecule has 52 heavy (non-hydrogen) atoms. The fourth-order valence-corrected chi connectivity index (χ4v) is 8.66. The molecule has 1 atom stereocenters. The zero-order valence-electron chi connectivity index (χ0n) is 33.3. The summed E-state index contributed by atoms with van der Waals surface area (Å²) in [4.78, 5) is 45.8. The van der Waals surface area contributed by atoms with E-state index in [2.05, 4.69) is 19.6 Å². The summed E-state index contributed by atoms with van der Waals surface area (Å²) in [5.74, 6) is -0.665. The molecule has 1 rings (SSSR count). The Bertz CT molecular complexity index is 922. The molecule has 16 heteroatoms. The number of nitrogens with zero attached hydrogens (tertiary/aromatic N) is 4. The van der Waals surface area contributed by atoms with Crippen LogP contribution in [0.15, 0.2) is 0 Å². The number of β-amino-alcohol motifs (C(OH)–C–C–N with tert-alkyl or cyclic N) is 1. The Kier molecular flexibility index (Phi) is 28.4. The van der Waals surface area contributed by atoms with Crippen LogP contribution in [0.25, 0.3) is 0 Å². The number of carbonyl (C=O) groups excluding carboxylic acids is 3. The van der Waals surface area contributed by atoms with Crippen LogP contribution in [0.3, 0.4) is 0 Å². The highest BCUT2D eigenvalue weighted by Crippen LogP contribution is 2.18. The van der Waals surface area contributed by atoms with Gasteiger partial charge in [0.25, 0.3) is 0 Å². The molecule has 0 aliphatic carbocycles. The van der Waals surface area contributed by atoms with Gasteiger partial charge in [0.1, 0.15) is 0 Å². The van der Waals surface area contributed by atoms with E-state index in [0.29, 0.717) is 124 Å². The summed E-state index contributed by atoms with van der Waals surface area (Å²) >= 11 is 0. The van der Waals surface area contributed by atoms with Gasteiger partial charge in [-0.1, -0.05) is 0 Å². The van der Waals surface area contributed by atoms with Crippen LogP contribution in [0.1, 0.15) is 73.6 Å². The maximum absolute atomic E-state index is 12.3. The van der Waals surface area contributed by atoms with E-state index in [4.69, 9.17) is 32.2 Å². The Hall–Kier alpha value is -1.73. The number of esters is 3. The van der Waals surface area contributed by atoms with Gasteiger partial charge in [-0.15, -0.1) is 0 Å². The van der Waals surface area contributed by atoms with Crippen LogP contribution in [-0.2, 0) is 46.6 Å². The smallest absolute Gasteiger partial charge is 0.466 e. The number of carbonyl (C=O) groups is 3. The predicted molar refractivity (Wildman–Crippen MR) is 201 cm³/mol. The highest BCUT2D eigenvalue weighted by atomic mass is 28.4. The third-order valence-corrected chi connectivity index (χ3v) is 11.8. The van der Waals surface area contributed by atoms with Gasteiger partial charge in [0.05, 0.1) is 51.8 Å². The molecule has 1 N–H and O–H groups in total. The van der Waals surface area contributed by atoms with E-state index in [0.717, 1.165) is 32.6 Å². The SMILES string of the molecule is CCOC(=O)CCN1CCCN(CC(O)COCCC[Si](OCC)(OCC)OCC)CCN(CCC(=O)OCC)CCN(CCC(=O)OCC)CC1. The van der Waals surface area contributed by atoms with Crippen LogP contribution < -0.4 is 0 Å². The van der Waals surface area contributed by atoms with E-state index in [-0.39, 0.29) is 30.9 Å². The fraction of sp³-hybridized carbons (Fsp3) is 0.917. The van der Waals surface area contributed by atoms with Crippen LogP contribution >= 0.6 is 0 Å². The number of aliphatic hydroxyl groups is 1. The lowest BCUT2D eigenvalue weighted by atomic mass is 10.2. The molecule has 0 bridgehead atoms. The molecule has 1 heterocycles. The van der Waals surface area contributed by atoms with E-state index in [9.17, 15) is 19.5 Å². The van der Waals surface area contributed by atoms with Crippen LogP contribution in [0.4, 0.5) is 0 Å². The topological polar surface area (TPSA) is 149 Å². The second kappa shape index (κ2) is 30.6. The van der Waals surface area contributed by atoms with Crippen LogP contribution in [0, 0.1) is 0 Å². The number of hydrogen-bond donors (Lipinski definition) is 1. The number of ether oxygens (including phenoxy) is 4. The first-order valence-electron chi connectivity index (χ1n) is 19.7. The summed E-state index contributed by atoms with van der Waals surface area (Å²) in [6.45, 7) is 22.4. The van der Waals surface area contributed by atoms with E-state index in [1.165, 1.54) is 0 Å². The lowest BCUT2D eigenvalue weighted by Gasteiger charge is -2.30.